The summed E-state index contributed by atoms with van der Waals surface area (Å²) >= 11 is 0. The molecule has 4 heteroatoms. The highest BCUT2D eigenvalue weighted by Gasteiger charge is 2.34. The molecule has 0 radical (unpaired) electrons. The van der Waals surface area contributed by atoms with Crippen LogP contribution in [0.1, 0.15) is 124 Å². The number of nitrogens with zero attached hydrogens (tertiary/aromatic N) is 1. The number of allylic oxidation sites excluding steroid dienone is 4. The van der Waals surface area contributed by atoms with Crippen LogP contribution in [0.5, 0.6) is 5.88 Å². The fraction of sp³-hybridized carbons (Fsp3) is 0.615. The van der Waals surface area contributed by atoms with Crippen molar-refractivity contribution in [2.24, 2.45) is 4.99 Å². The van der Waals surface area contributed by atoms with Crippen molar-refractivity contribution in [3.8, 4) is 5.88 Å². The smallest absolute Gasteiger partial charge is 0.280 e. The topological polar surface area (TPSA) is 65.4 Å². The first-order valence-corrected chi connectivity index (χ1v) is 12.2. The minimum Gasteiger partial charge on any atom is -0.494 e. The van der Waals surface area contributed by atoms with E-state index >= 15 is 0 Å². The van der Waals surface area contributed by atoms with E-state index in [1.807, 2.05) is 0 Å². The normalized spacial score (nSPS) is 25.5. The second-order valence-electron chi connectivity index (χ2n) is 9.14. The summed E-state index contributed by atoms with van der Waals surface area (Å²) in [6.07, 6.45) is 23.4. The molecule has 1 amide bonds. The Kier molecular flexibility index (Phi) is 7.24. The number of H-pyrrole nitrogens is 1. The van der Waals surface area contributed by atoms with E-state index < -0.39 is 0 Å². The molecule has 0 aromatic carbocycles. The molecule has 0 unspecified atom stereocenters. The number of aliphatic imine (C=N–C) groups is 1. The van der Waals surface area contributed by atoms with Gasteiger partial charge >= 0.3 is 0 Å². The number of rotatable bonds is 2. The number of aromatic amines is 1. The highest BCUT2D eigenvalue weighted by molar-refractivity contribution is 6.29. The maximum absolute atomic E-state index is 13.0. The summed E-state index contributed by atoms with van der Waals surface area (Å²) < 4.78 is 0. The van der Waals surface area contributed by atoms with Gasteiger partial charge in [0, 0.05) is 0 Å². The summed E-state index contributed by atoms with van der Waals surface area (Å²) in [6.45, 7) is 0. The van der Waals surface area contributed by atoms with Crippen LogP contribution in [0.15, 0.2) is 22.7 Å². The zero-order valence-corrected chi connectivity index (χ0v) is 18.3. The molecule has 4 rings (SSSR count). The molecule has 2 heterocycles. The molecule has 162 valence electrons. The summed E-state index contributed by atoms with van der Waals surface area (Å²) in [4.78, 5) is 20.6. The van der Waals surface area contributed by atoms with Gasteiger partial charge in [-0.25, -0.2) is 4.99 Å². The monoisotopic (exact) mass is 408 g/mol. The van der Waals surface area contributed by atoms with Gasteiger partial charge in [-0.15, -0.1) is 0 Å². The molecule has 0 bridgehead atoms. The Bertz CT molecular complexity index is 857. The number of hydrogen-bond donors (Lipinski definition) is 2. The molecule has 2 N–H and O–H groups in total. The standard InChI is InChI=1S/C26H36N2O2/c29-25-21-22(24(28-25)20-17-13-9-5-2-6-10-14-18-20)26(30)27-23(21)19-15-11-7-3-1-4-8-12-16-19/h15,17,27,30H,1-14,16,18H2/b19-15+,20-17+. The molecule has 2 aliphatic carbocycles. The van der Waals surface area contributed by atoms with Crippen LogP contribution in [0.4, 0.5) is 0 Å². The number of amides is 1. The Labute approximate surface area is 180 Å². The minimum atomic E-state index is -0.192. The molecule has 1 aromatic rings. The average molecular weight is 409 g/mol. The van der Waals surface area contributed by atoms with Crippen LogP contribution in [0.2, 0.25) is 0 Å². The fourth-order valence-electron chi connectivity index (χ4n) is 5.15. The van der Waals surface area contributed by atoms with Crippen molar-refractivity contribution in [3.63, 3.8) is 0 Å². The van der Waals surface area contributed by atoms with Crippen molar-refractivity contribution >= 4 is 17.2 Å². The van der Waals surface area contributed by atoms with E-state index in [1.165, 1.54) is 69.8 Å². The van der Waals surface area contributed by atoms with Crippen molar-refractivity contribution in [2.75, 3.05) is 0 Å². The van der Waals surface area contributed by atoms with Crippen LogP contribution < -0.4 is 0 Å². The third-order valence-electron chi connectivity index (χ3n) is 6.85. The average Bonchev–Trinajstić information content (AvgIpc) is 3.28. The van der Waals surface area contributed by atoms with Crippen molar-refractivity contribution in [1.29, 1.82) is 0 Å². The molecular formula is C26H36N2O2. The Balaban J connectivity index is 1.65. The fourth-order valence-corrected chi connectivity index (χ4v) is 5.15. The second-order valence-corrected chi connectivity index (χ2v) is 9.14. The van der Waals surface area contributed by atoms with Crippen molar-refractivity contribution in [3.05, 3.63) is 34.5 Å². The van der Waals surface area contributed by atoms with Crippen molar-refractivity contribution in [1.82, 2.24) is 4.98 Å². The van der Waals surface area contributed by atoms with Gasteiger partial charge in [0.15, 0.2) is 5.88 Å². The molecule has 30 heavy (non-hydrogen) atoms. The number of fused-ring (bicyclic) bond motifs is 1. The number of aromatic nitrogens is 1. The molecule has 0 atom stereocenters. The van der Waals surface area contributed by atoms with Crippen LogP contribution in [-0.4, -0.2) is 21.7 Å². The van der Waals surface area contributed by atoms with Crippen LogP contribution in [0, 0.1) is 0 Å². The zero-order valence-electron chi connectivity index (χ0n) is 18.3. The van der Waals surface area contributed by atoms with E-state index in [-0.39, 0.29) is 11.8 Å². The predicted octanol–water partition coefficient (Wildman–Crippen LogP) is 7.24. The number of nitrogens with one attached hydrogen (secondary N) is 1. The molecule has 4 nitrogen and oxygen atoms in total. The molecule has 0 spiro atoms. The van der Waals surface area contributed by atoms with E-state index in [2.05, 4.69) is 22.1 Å². The van der Waals surface area contributed by atoms with Gasteiger partial charge in [0.2, 0.25) is 0 Å². The highest BCUT2D eigenvalue weighted by Crippen LogP contribution is 2.39. The summed E-state index contributed by atoms with van der Waals surface area (Å²) in [5, 5.41) is 10.8. The molecule has 1 aromatic heterocycles. The van der Waals surface area contributed by atoms with Crippen LogP contribution in [-0.2, 0) is 0 Å². The lowest BCUT2D eigenvalue weighted by molar-refractivity contribution is 0.101. The molecule has 1 aliphatic heterocycles. The van der Waals surface area contributed by atoms with E-state index in [1.54, 1.807) is 0 Å². The van der Waals surface area contributed by atoms with Gasteiger partial charge in [0.1, 0.15) is 0 Å². The summed E-state index contributed by atoms with van der Waals surface area (Å²) in [6, 6.07) is 0. The van der Waals surface area contributed by atoms with Gasteiger partial charge in [-0.05, 0) is 62.5 Å². The first-order chi connectivity index (χ1) is 14.8. The summed E-state index contributed by atoms with van der Waals surface area (Å²) in [5.41, 5.74) is 5.10. The Hall–Kier alpha value is -2.10. The van der Waals surface area contributed by atoms with Gasteiger partial charge in [0.05, 0.1) is 22.5 Å². The van der Waals surface area contributed by atoms with Gasteiger partial charge in [-0.2, -0.15) is 0 Å². The third-order valence-corrected chi connectivity index (χ3v) is 6.85. The summed E-state index contributed by atoms with van der Waals surface area (Å²) in [5.74, 6) is -0.0804. The number of carbonyl (C=O) groups excluding carboxylic acids is 1. The Morgan fingerprint density at radius 3 is 1.90 bits per heavy atom. The lowest BCUT2D eigenvalue weighted by Gasteiger charge is -2.11. The lowest BCUT2D eigenvalue weighted by atomic mass is 9.92. The summed E-state index contributed by atoms with van der Waals surface area (Å²) in [7, 11) is 0. The highest BCUT2D eigenvalue weighted by atomic mass is 16.3. The zero-order chi connectivity index (χ0) is 20.8. The van der Waals surface area contributed by atoms with Gasteiger partial charge in [-0.3, -0.25) is 4.79 Å². The van der Waals surface area contributed by atoms with Gasteiger partial charge in [-0.1, -0.05) is 63.5 Å². The molecule has 0 saturated heterocycles. The first kappa shape index (κ1) is 21.1. The number of carbonyl (C=O) groups is 1. The molecule has 3 aliphatic rings. The lowest BCUT2D eigenvalue weighted by Crippen LogP contribution is -2.04. The van der Waals surface area contributed by atoms with E-state index in [0.717, 1.165) is 55.5 Å². The van der Waals surface area contributed by atoms with E-state index in [0.29, 0.717) is 11.1 Å². The van der Waals surface area contributed by atoms with Crippen LogP contribution in [0.25, 0.3) is 5.57 Å². The third kappa shape index (κ3) is 4.79. The molecular weight excluding hydrogens is 372 g/mol. The maximum Gasteiger partial charge on any atom is 0.280 e. The number of hydrogen-bond acceptors (Lipinski definition) is 2. The second kappa shape index (κ2) is 10.3. The van der Waals surface area contributed by atoms with Crippen LogP contribution in [0.3, 0.4) is 0 Å². The van der Waals surface area contributed by atoms with Crippen LogP contribution >= 0.6 is 0 Å². The van der Waals surface area contributed by atoms with E-state index in [4.69, 9.17) is 0 Å². The minimum absolute atomic E-state index is 0.112. The molecule has 0 saturated carbocycles. The number of aromatic hydroxyl groups is 1. The van der Waals surface area contributed by atoms with Gasteiger partial charge in [0.25, 0.3) is 5.91 Å². The predicted molar refractivity (Wildman–Crippen MR) is 123 cm³/mol. The first-order valence-electron chi connectivity index (χ1n) is 12.2. The van der Waals surface area contributed by atoms with Crippen molar-refractivity contribution < 1.29 is 9.90 Å². The Morgan fingerprint density at radius 2 is 1.23 bits per heavy atom. The maximum atomic E-state index is 13.0. The molecule has 0 fully saturated rings. The Morgan fingerprint density at radius 1 is 0.700 bits per heavy atom. The van der Waals surface area contributed by atoms with Gasteiger partial charge < -0.3 is 10.1 Å². The SMILES string of the molecule is O=C1N=C(/C2=C/CCCCCCCC2)c2c(O)[nH]c(/C3=C/CCCCCCCC3)c21. The van der Waals surface area contributed by atoms with Crippen molar-refractivity contribution in [2.45, 2.75) is 103 Å². The van der Waals surface area contributed by atoms with E-state index in [9.17, 15) is 9.90 Å². The largest absolute Gasteiger partial charge is 0.494 e. The quantitative estimate of drug-likeness (QED) is 0.541.